The molecule has 0 radical (unpaired) electrons. The van der Waals surface area contributed by atoms with Gasteiger partial charge in [0, 0.05) is 12.7 Å². The van der Waals surface area contributed by atoms with Crippen LogP contribution in [0.1, 0.15) is 11.5 Å². The average Bonchev–Trinajstić information content (AvgIpc) is 2.78. The van der Waals surface area contributed by atoms with E-state index in [1.54, 1.807) is 0 Å². The molecule has 5 nitrogen and oxygen atoms in total. The smallest absolute Gasteiger partial charge is 0.229 e. The van der Waals surface area contributed by atoms with E-state index in [-0.39, 0.29) is 6.61 Å². The van der Waals surface area contributed by atoms with Crippen molar-refractivity contribution in [3.05, 3.63) is 35.7 Å². The lowest BCUT2D eigenvalue weighted by molar-refractivity contribution is 0.0599. The van der Waals surface area contributed by atoms with Crippen LogP contribution in [0.15, 0.2) is 28.8 Å². The van der Waals surface area contributed by atoms with Crippen LogP contribution in [0.2, 0.25) is 0 Å². The second kappa shape index (κ2) is 5.75. The summed E-state index contributed by atoms with van der Waals surface area (Å²) in [5.41, 5.74) is 2.08. The number of aliphatic hydroxyl groups excluding tert-OH is 1. The van der Waals surface area contributed by atoms with Crippen LogP contribution in [0.3, 0.4) is 0 Å². The van der Waals surface area contributed by atoms with E-state index in [2.05, 4.69) is 10.1 Å². The van der Waals surface area contributed by atoms with E-state index >= 15 is 0 Å². The Kier molecular flexibility index (Phi) is 4.07. The molecule has 0 amide bonds. The summed E-state index contributed by atoms with van der Waals surface area (Å²) in [4.78, 5) is 4.24. The largest absolute Gasteiger partial charge is 0.390 e. The van der Waals surface area contributed by atoms with Gasteiger partial charge in [-0.1, -0.05) is 35.0 Å². The van der Waals surface area contributed by atoms with Gasteiger partial charge >= 0.3 is 0 Å². The Morgan fingerprint density at radius 2 is 2.06 bits per heavy atom. The van der Waals surface area contributed by atoms with Crippen molar-refractivity contribution in [1.82, 2.24) is 10.1 Å². The van der Waals surface area contributed by atoms with Crippen LogP contribution in [0.5, 0.6) is 0 Å². The first-order chi connectivity index (χ1) is 8.69. The molecular formula is C13H16N2O3. The highest BCUT2D eigenvalue weighted by Crippen LogP contribution is 2.16. The number of ether oxygens (including phenoxy) is 1. The molecule has 1 N–H and O–H groups in total. The molecule has 0 saturated heterocycles. The zero-order chi connectivity index (χ0) is 13.0. The summed E-state index contributed by atoms with van der Waals surface area (Å²) in [7, 11) is 1.54. The van der Waals surface area contributed by atoms with Gasteiger partial charge in [0.2, 0.25) is 11.7 Å². The van der Waals surface area contributed by atoms with Crippen LogP contribution in [-0.2, 0) is 11.2 Å². The predicted molar refractivity (Wildman–Crippen MR) is 66.1 cm³/mol. The Balaban J connectivity index is 2.08. The Labute approximate surface area is 105 Å². The lowest BCUT2D eigenvalue weighted by atomic mass is 10.1. The molecule has 1 aromatic heterocycles. The molecule has 96 valence electrons. The third-order valence-electron chi connectivity index (χ3n) is 2.55. The topological polar surface area (TPSA) is 68.4 Å². The Bertz CT molecular complexity index is 493. The minimum Gasteiger partial charge on any atom is -0.390 e. The van der Waals surface area contributed by atoms with Crippen molar-refractivity contribution >= 4 is 0 Å². The number of aromatic nitrogens is 2. The quantitative estimate of drug-likeness (QED) is 0.870. The SMILES string of the molecule is COCC(O)Cc1nc(-c2ccc(C)cc2)no1. The molecule has 18 heavy (non-hydrogen) atoms. The maximum absolute atomic E-state index is 9.57. The maximum atomic E-state index is 9.57. The Hall–Kier alpha value is -1.72. The highest BCUT2D eigenvalue weighted by molar-refractivity contribution is 5.54. The molecule has 1 heterocycles. The molecule has 0 spiro atoms. The molecule has 2 rings (SSSR count). The van der Waals surface area contributed by atoms with Crippen molar-refractivity contribution in [1.29, 1.82) is 0 Å². The van der Waals surface area contributed by atoms with Crippen LogP contribution < -0.4 is 0 Å². The van der Waals surface area contributed by atoms with Gasteiger partial charge in [0.05, 0.1) is 19.1 Å². The number of hydrogen-bond acceptors (Lipinski definition) is 5. The molecular weight excluding hydrogens is 232 g/mol. The van der Waals surface area contributed by atoms with E-state index in [1.807, 2.05) is 31.2 Å². The van der Waals surface area contributed by atoms with E-state index in [0.717, 1.165) is 5.56 Å². The van der Waals surface area contributed by atoms with Gasteiger partial charge in [0.25, 0.3) is 0 Å². The first-order valence-electron chi connectivity index (χ1n) is 5.75. The molecule has 0 aliphatic carbocycles. The van der Waals surface area contributed by atoms with Gasteiger partial charge < -0.3 is 14.4 Å². The van der Waals surface area contributed by atoms with Gasteiger partial charge in [-0.2, -0.15) is 4.98 Å². The summed E-state index contributed by atoms with van der Waals surface area (Å²) in [6, 6.07) is 7.86. The van der Waals surface area contributed by atoms with Gasteiger partial charge in [-0.05, 0) is 6.92 Å². The van der Waals surface area contributed by atoms with Crippen LogP contribution in [0.25, 0.3) is 11.4 Å². The fraction of sp³-hybridized carbons (Fsp3) is 0.385. The highest BCUT2D eigenvalue weighted by atomic mass is 16.5. The molecule has 1 atom stereocenters. The summed E-state index contributed by atoms with van der Waals surface area (Å²) in [6.45, 7) is 2.27. The number of methoxy groups -OCH3 is 1. The predicted octanol–water partition coefficient (Wildman–Crippen LogP) is 1.59. The van der Waals surface area contributed by atoms with E-state index in [1.165, 1.54) is 12.7 Å². The van der Waals surface area contributed by atoms with E-state index in [0.29, 0.717) is 18.1 Å². The molecule has 0 fully saturated rings. The second-order valence-electron chi connectivity index (χ2n) is 4.19. The zero-order valence-electron chi connectivity index (χ0n) is 10.5. The van der Waals surface area contributed by atoms with Crippen molar-refractivity contribution < 1.29 is 14.4 Å². The van der Waals surface area contributed by atoms with Crippen molar-refractivity contribution in [2.75, 3.05) is 13.7 Å². The molecule has 0 bridgehead atoms. The van der Waals surface area contributed by atoms with Crippen molar-refractivity contribution in [2.24, 2.45) is 0 Å². The summed E-state index contributed by atoms with van der Waals surface area (Å²) in [6.07, 6.45) is -0.325. The number of hydrogen-bond donors (Lipinski definition) is 1. The van der Waals surface area contributed by atoms with Crippen LogP contribution in [-0.4, -0.2) is 35.1 Å². The zero-order valence-corrected chi connectivity index (χ0v) is 10.5. The van der Waals surface area contributed by atoms with Crippen LogP contribution in [0.4, 0.5) is 0 Å². The maximum Gasteiger partial charge on any atom is 0.229 e. The molecule has 0 saturated carbocycles. The van der Waals surface area contributed by atoms with E-state index in [9.17, 15) is 5.11 Å². The highest BCUT2D eigenvalue weighted by Gasteiger charge is 2.12. The summed E-state index contributed by atoms with van der Waals surface area (Å²) in [5.74, 6) is 0.949. The molecule has 5 heteroatoms. The monoisotopic (exact) mass is 248 g/mol. The Morgan fingerprint density at radius 3 is 2.72 bits per heavy atom. The summed E-state index contributed by atoms with van der Waals surface area (Å²) >= 11 is 0. The van der Waals surface area contributed by atoms with Crippen molar-refractivity contribution in [2.45, 2.75) is 19.4 Å². The van der Waals surface area contributed by atoms with E-state index < -0.39 is 6.10 Å². The third-order valence-corrected chi connectivity index (χ3v) is 2.55. The number of aliphatic hydroxyl groups is 1. The fourth-order valence-corrected chi connectivity index (χ4v) is 1.61. The van der Waals surface area contributed by atoms with Gasteiger partial charge in [-0.15, -0.1) is 0 Å². The number of benzene rings is 1. The number of aryl methyl sites for hydroxylation is 1. The average molecular weight is 248 g/mol. The normalized spacial score (nSPS) is 12.6. The minimum atomic E-state index is -0.624. The lowest BCUT2D eigenvalue weighted by Gasteiger charge is -2.04. The van der Waals surface area contributed by atoms with Gasteiger partial charge in [0.15, 0.2) is 0 Å². The van der Waals surface area contributed by atoms with Gasteiger partial charge in [0.1, 0.15) is 0 Å². The molecule has 0 aliphatic rings. The van der Waals surface area contributed by atoms with Crippen LogP contribution >= 0.6 is 0 Å². The number of rotatable bonds is 5. The molecule has 1 unspecified atom stereocenters. The Morgan fingerprint density at radius 1 is 1.33 bits per heavy atom. The standard InChI is InChI=1S/C13H16N2O3/c1-9-3-5-10(6-4-9)13-14-12(18-15-13)7-11(16)8-17-2/h3-6,11,16H,7-8H2,1-2H3. The molecule has 1 aromatic carbocycles. The third kappa shape index (κ3) is 3.15. The number of nitrogens with zero attached hydrogens (tertiary/aromatic N) is 2. The molecule has 2 aromatic rings. The van der Waals surface area contributed by atoms with E-state index in [4.69, 9.17) is 9.26 Å². The van der Waals surface area contributed by atoms with Crippen LogP contribution in [0, 0.1) is 6.92 Å². The first kappa shape index (κ1) is 12.7. The minimum absolute atomic E-state index is 0.252. The van der Waals surface area contributed by atoms with Crippen molar-refractivity contribution in [3.63, 3.8) is 0 Å². The summed E-state index contributed by atoms with van der Waals surface area (Å²) in [5, 5.41) is 13.5. The van der Waals surface area contributed by atoms with Gasteiger partial charge in [-0.3, -0.25) is 0 Å². The van der Waals surface area contributed by atoms with Gasteiger partial charge in [-0.25, -0.2) is 0 Å². The fourth-order valence-electron chi connectivity index (χ4n) is 1.61. The first-order valence-corrected chi connectivity index (χ1v) is 5.75. The second-order valence-corrected chi connectivity index (χ2v) is 4.19. The molecule has 0 aliphatic heterocycles. The van der Waals surface area contributed by atoms with Crippen molar-refractivity contribution in [3.8, 4) is 11.4 Å². The lowest BCUT2D eigenvalue weighted by Crippen LogP contribution is -2.17. The summed E-state index contributed by atoms with van der Waals surface area (Å²) < 4.78 is 9.93.